The molecule has 0 bridgehead atoms. The van der Waals surface area contributed by atoms with E-state index in [0.29, 0.717) is 10.6 Å². The first kappa shape index (κ1) is 17.1. The van der Waals surface area contributed by atoms with E-state index in [0.717, 1.165) is 10.1 Å². The molecular weight excluding hydrogens is 342 g/mol. The first-order valence-electron chi connectivity index (χ1n) is 7.59. The lowest BCUT2D eigenvalue weighted by molar-refractivity contribution is -0.136. The number of carbonyl (C=O) groups excluding carboxylic acids is 2. The van der Waals surface area contributed by atoms with Crippen molar-refractivity contribution in [3.8, 4) is 0 Å². The van der Waals surface area contributed by atoms with Crippen molar-refractivity contribution in [3.63, 3.8) is 0 Å². The van der Waals surface area contributed by atoms with Gasteiger partial charge in [0.15, 0.2) is 5.82 Å². The Morgan fingerprint density at radius 3 is 2.72 bits per heavy atom. The lowest BCUT2D eigenvalue weighted by atomic mass is 10.0. The molecule has 3 N–H and O–H groups in total. The topological polar surface area (TPSA) is 104 Å². The number of rotatable bonds is 4. The summed E-state index contributed by atoms with van der Waals surface area (Å²) < 4.78 is 5.86. The second kappa shape index (κ2) is 6.66. The maximum atomic E-state index is 11.9. The monoisotopic (exact) mass is 359 g/mol. The number of anilines is 1. The van der Waals surface area contributed by atoms with E-state index in [1.807, 2.05) is 30.3 Å². The van der Waals surface area contributed by atoms with Gasteiger partial charge in [-0.25, -0.2) is 0 Å². The Morgan fingerprint density at radius 1 is 1.28 bits per heavy atom. The smallest absolute Gasteiger partial charge is 0.314 e. The van der Waals surface area contributed by atoms with Crippen LogP contribution in [-0.2, 0) is 15.2 Å². The molecule has 3 rings (SSSR count). The van der Waals surface area contributed by atoms with Crippen LogP contribution in [0.3, 0.4) is 0 Å². The Labute approximate surface area is 147 Å². The van der Waals surface area contributed by atoms with Crippen molar-refractivity contribution in [1.29, 1.82) is 0 Å². The fourth-order valence-corrected chi connectivity index (χ4v) is 3.37. The van der Waals surface area contributed by atoms with Gasteiger partial charge in [-0.05, 0) is 31.4 Å². The number of amides is 2. The average Bonchev–Trinajstić information content (AvgIpc) is 3.19. The fourth-order valence-electron chi connectivity index (χ4n) is 2.27. The van der Waals surface area contributed by atoms with Crippen molar-refractivity contribution in [2.24, 2.45) is 0 Å². The zero-order chi connectivity index (χ0) is 18.0. The number of thiophene rings is 1. The SMILES string of the molecule is Cc1cc(NC(=O)C(=O)NCC(C)(O)c2cc3ccccc3s2)no1. The molecule has 0 fully saturated rings. The van der Waals surface area contributed by atoms with Gasteiger partial charge in [-0.1, -0.05) is 23.4 Å². The van der Waals surface area contributed by atoms with Crippen molar-refractivity contribution in [3.05, 3.63) is 47.0 Å². The van der Waals surface area contributed by atoms with Gasteiger partial charge in [0.1, 0.15) is 11.4 Å². The van der Waals surface area contributed by atoms with Gasteiger partial charge < -0.3 is 14.9 Å². The van der Waals surface area contributed by atoms with Crippen LogP contribution in [0, 0.1) is 6.92 Å². The summed E-state index contributed by atoms with van der Waals surface area (Å²) in [7, 11) is 0. The summed E-state index contributed by atoms with van der Waals surface area (Å²) in [5.74, 6) is -1.06. The standard InChI is InChI=1S/C17H17N3O4S/c1-10-7-14(20-24-10)19-16(22)15(21)18-9-17(2,23)13-8-11-5-3-4-6-12(11)25-13/h3-8,23H,9H2,1-2H3,(H,18,21)(H,19,20,22). The van der Waals surface area contributed by atoms with Crippen molar-refractivity contribution in [2.45, 2.75) is 19.4 Å². The van der Waals surface area contributed by atoms with Crippen LogP contribution in [0.5, 0.6) is 0 Å². The molecule has 1 atom stereocenters. The van der Waals surface area contributed by atoms with Gasteiger partial charge in [-0.15, -0.1) is 11.3 Å². The van der Waals surface area contributed by atoms with Crippen molar-refractivity contribution in [1.82, 2.24) is 10.5 Å². The highest BCUT2D eigenvalue weighted by atomic mass is 32.1. The third-order valence-corrected chi connectivity index (χ3v) is 4.99. The van der Waals surface area contributed by atoms with E-state index in [1.165, 1.54) is 17.4 Å². The Kier molecular flexibility index (Phi) is 4.56. The molecule has 0 saturated heterocycles. The van der Waals surface area contributed by atoms with Crippen LogP contribution in [0.15, 0.2) is 40.9 Å². The van der Waals surface area contributed by atoms with Gasteiger partial charge >= 0.3 is 11.8 Å². The zero-order valence-corrected chi connectivity index (χ0v) is 14.5. The summed E-state index contributed by atoms with van der Waals surface area (Å²) in [6, 6.07) is 11.1. The number of nitrogens with zero attached hydrogens (tertiary/aromatic N) is 1. The van der Waals surface area contributed by atoms with E-state index in [2.05, 4.69) is 15.8 Å². The van der Waals surface area contributed by atoms with E-state index >= 15 is 0 Å². The molecule has 2 heterocycles. The number of nitrogens with one attached hydrogen (secondary N) is 2. The Bertz CT molecular complexity index is 896. The number of aliphatic hydroxyl groups is 1. The molecule has 2 amide bonds. The van der Waals surface area contributed by atoms with Gasteiger partial charge in [-0.3, -0.25) is 14.9 Å². The van der Waals surface area contributed by atoms with E-state index in [1.54, 1.807) is 13.8 Å². The van der Waals surface area contributed by atoms with Gasteiger partial charge in [0.05, 0.1) is 6.54 Å². The molecule has 7 nitrogen and oxygen atoms in total. The largest absolute Gasteiger partial charge is 0.383 e. The number of benzene rings is 1. The summed E-state index contributed by atoms with van der Waals surface area (Å²) >= 11 is 1.45. The van der Waals surface area contributed by atoms with Crippen LogP contribution in [0.1, 0.15) is 17.6 Å². The molecule has 1 aromatic carbocycles. The number of aromatic nitrogens is 1. The molecule has 0 saturated carbocycles. The minimum absolute atomic E-state index is 0.0933. The van der Waals surface area contributed by atoms with Crippen LogP contribution in [0.4, 0.5) is 5.82 Å². The zero-order valence-electron chi connectivity index (χ0n) is 13.7. The molecule has 0 aliphatic heterocycles. The van der Waals surface area contributed by atoms with E-state index in [4.69, 9.17) is 4.52 Å². The lowest BCUT2D eigenvalue weighted by Gasteiger charge is -2.22. The molecule has 130 valence electrons. The number of fused-ring (bicyclic) bond motifs is 1. The highest BCUT2D eigenvalue weighted by molar-refractivity contribution is 7.19. The average molecular weight is 359 g/mol. The maximum absolute atomic E-state index is 11.9. The third kappa shape index (κ3) is 3.86. The number of aryl methyl sites for hydroxylation is 1. The molecule has 3 aromatic rings. The molecule has 0 aliphatic rings. The van der Waals surface area contributed by atoms with Crippen LogP contribution in [0.25, 0.3) is 10.1 Å². The Hall–Kier alpha value is -2.71. The summed E-state index contributed by atoms with van der Waals surface area (Å²) in [6.45, 7) is 3.17. The summed E-state index contributed by atoms with van der Waals surface area (Å²) in [5.41, 5.74) is -1.29. The Balaban J connectivity index is 1.62. The lowest BCUT2D eigenvalue weighted by Crippen LogP contribution is -2.43. The normalized spacial score (nSPS) is 13.4. The molecule has 0 radical (unpaired) electrons. The van der Waals surface area contributed by atoms with Crippen LogP contribution in [-0.4, -0.2) is 28.6 Å². The summed E-state index contributed by atoms with van der Waals surface area (Å²) in [6.07, 6.45) is 0. The first-order valence-corrected chi connectivity index (χ1v) is 8.41. The number of hydrogen-bond donors (Lipinski definition) is 3. The Morgan fingerprint density at radius 2 is 2.04 bits per heavy atom. The minimum Gasteiger partial charge on any atom is -0.383 e. The van der Waals surface area contributed by atoms with Crippen LogP contribution in [0.2, 0.25) is 0 Å². The van der Waals surface area contributed by atoms with Crippen molar-refractivity contribution < 1.29 is 19.2 Å². The van der Waals surface area contributed by atoms with Crippen LogP contribution >= 0.6 is 11.3 Å². The summed E-state index contributed by atoms with van der Waals surface area (Å²) in [5, 5.41) is 20.0. The summed E-state index contributed by atoms with van der Waals surface area (Å²) in [4.78, 5) is 24.5. The highest BCUT2D eigenvalue weighted by Crippen LogP contribution is 2.32. The van der Waals surface area contributed by atoms with Gasteiger partial charge in [0, 0.05) is 15.6 Å². The van der Waals surface area contributed by atoms with Crippen LogP contribution < -0.4 is 10.6 Å². The molecule has 2 aromatic heterocycles. The molecule has 1 unspecified atom stereocenters. The third-order valence-electron chi connectivity index (χ3n) is 3.63. The molecular formula is C17H17N3O4S. The number of carbonyl (C=O) groups is 2. The number of hydrogen-bond acceptors (Lipinski definition) is 6. The fraction of sp³-hybridized carbons (Fsp3) is 0.235. The van der Waals surface area contributed by atoms with E-state index in [-0.39, 0.29) is 12.4 Å². The quantitative estimate of drug-likeness (QED) is 0.619. The van der Waals surface area contributed by atoms with Crippen molar-refractivity contribution in [2.75, 3.05) is 11.9 Å². The van der Waals surface area contributed by atoms with Gasteiger partial charge in [-0.2, -0.15) is 0 Å². The highest BCUT2D eigenvalue weighted by Gasteiger charge is 2.27. The molecule has 0 aliphatic carbocycles. The molecule has 25 heavy (non-hydrogen) atoms. The maximum Gasteiger partial charge on any atom is 0.314 e. The van der Waals surface area contributed by atoms with E-state index < -0.39 is 17.4 Å². The van der Waals surface area contributed by atoms with E-state index in [9.17, 15) is 14.7 Å². The van der Waals surface area contributed by atoms with Crippen molar-refractivity contribution >= 4 is 39.1 Å². The van der Waals surface area contributed by atoms with Gasteiger partial charge in [0.2, 0.25) is 0 Å². The molecule has 8 heteroatoms. The molecule has 0 spiro atoms. The second-order valence-electron chi connectivity index (χ2n) is 5.88. The minimum atomic E-state index is -1.29. The van der Waals surface area contributed by atoms with Gasteiger partial charge in [0.25, 0.3) is 0 Å². The predicted molar refractivity (Wildman–Crippen MR) is 94.3 cm³/mol. The first-order chi connectivity index (χ1) is 11.8. The second-order valence-corrected chi connectivity index (χ2v) is 6.97. The predicted octanol–water partition coefficient (Wildman–Crippen LogP) is 2.16.